The molecule has 0 bridgehead atoms. The third kappa shape index (κ3) is 4.81. The van der Waals surface area contributed by atoms with Gasteiger partial charge in [-0.1, -0.05) is 18.2 Å². The van der Waals surface area contributed by atoms with Gasteiger partial charge in [0.2, 0.25) is 5.91 Å². The van der Waals surface area contributed by atoms with Crippen LogP contribution in [0.15, 0.2) is 36.7 Å². The number of aromatic nitrogens is 1. The Kier molecular flexibility index (Phi) is 6.12. The van der Waals surface area contributed by atoms with Crippen LogP contribution in [0.25, 0.3) is 10.8 Å². The molecule has 0 fully saturated rings. The van der Waals surface area contributed by atoms with Crippen molar-refractivity contribution in [3.63, 3.8) is 0 Å². The van der Waals surface area contributed by atoms with E-state index in [9.17, 15) is 4.79 Å². The Morgan fingerprint density at radius 3 is 3.05 bits per heavy atom. The van der Waals surface area contributed by atoms with E-state index in [1.165, 1.54) is 10.9 Å². The van der Waals surface area contributed by atoms with E-state index in [0.29, 0.717) is 26.1 Å². The van der Waals surface area contributed by atoms with E-state index in [4.69, 9.17) is 4.74 Å². The summed E-state index contributed by atoms with van der Waals surface area (Å²) in [5, 5.41) is 8.43. The second kappa shape index (κ2) is 8.34. The van der Waals surface area contributed by atoms with Crippen molar-refractivity contribution in [2.45, 2.75) is 13.0 Å². The van der Waals surface area contributed by atoms with Crippen LogP contribution >= 0.6 is 0 Å². The average Bonchev–Trinajstić information content (AvgIpc) is 2.52. The molecule has 112 valence electrons. The first-order valence-electron chi connectivity index (χ1n) is 7.09. The molecule has 0 spiro atoms. The van der Waals surface area contributed by atoms with Crippen molar-refractivity contribution >= 4 is 16.7 Å². The summed E-state index contributed by atoms with van der Waals surface area (Å²) in [4.78, 5) is 15.7. The molecule has 2 aromatic rings. The maximum atomic E-state index is 11.5. The van der Waals surface area contributed by atoms with E-state index < -0.39 is 0 Å². The summed E-state index contributed by atoms with van der Waals surface area (Å²) in [5.41, 5.74) is 1.22. The van der Waals surface area contributed by atoms with Crippen LogP contribution in [0.1, 0.15) is 12.0 Å². The zero-order chi connectivity index (χ0) is 14.9. The predicted octanol–water partition coefficient (Wildman–Crippen LogP) is 1.48. The minimum Gasteiger partial charge on any atom is -0.383 e. The van der Waals surface area contributed by atoms with Gasteiger partial charge in [0.15, 0.2) is 0 Å². The first kappa shape index (κ1) is 15.4. The monoisotopic (exact) mass is 287 g/mol. The maximum Gasteiger partial charge on any atom is 0.221 e. The van der Waals surface area contributed by atoms with Crippen molar-refractivity contribution in [3.05, 3.63) is 42.2 Å². The van der Waals surface area contributed by atoms with E-state index in [2.05, 4.69) is 27.8 Å². The van der Waals surface area contributed by atoms with E-state index in [1.807, 2.05) is 18.3 Å². The molecule has 0 radical (unpaired) electrons. The highest BCUT2D eigenvalue weighted by Gasteiger charge is 2.02. The number of nitrogens with one attached hydrogen (secondary N) is 2. The lowest BCUT2D eigenvalue weighted by atomic mass is 10.1. The molecule has 0 unspecified atom stereocenters. The summed E-state index contributed by atoms with van der Waals surface area (Å²) in [6, 6.07) is 8.19. The number of fused-ring (bicyclic) bond motifs is 1. The molecule has 1 amide bonds. The van der Waals surface area contributed by atoms with Crippen molar-refractivity contribution in [1.82, 2.24) is 15.6 Å². The molecule has 0 aliphatic rings. The number of carbonyl (C=O) groups is 1. The van der Waals surface area contributed by atoms with Gasteiger partial charge in [-0.15, -0.1) is 0 Å². The van der Waals surface area contributed by atoms with Gasteiger partial charge >= 0.3 is 0 Å². The average molecular weight is 287 g/mol. The van der Waals surface area contributed by atoms with Crippen molar-refractivity contribution in [3.8, 4) is 0 Å². The molecule has 2 N–H and O–H groups in total. The summed E-state index contributed by atoms with van der Waals surface area (Å²) in [7, 11) is 1.62. The van der Waals surface area contributed by atoms with Crippen LogP contribution in [0.5, 0.6) is 0 Å². The number of benzene rings is 1. The number of methoxy groups -OCH3 is 1. The first-order chi connectivity index (χ1) is 10.3. The number of rotatable bonds is 8. The van der Waals surface area contributed by atoms with Crippen LogP contribution < -0.4 is 10.6 Å². The Balaban J connectivity index is 1.76. The summed E-state index contributed by atoms with van der Waals surface area (Å²) in [5.74, 6) is 0.0432. The van der Waals surface area contributed by atoms with E-state index >= 15 is 0 Å². The first-order valence-corrected chi connectivity index (χ1v) is 7.09. The molecule has 1 heterocycles. The number of carbonyl (C=O) groups excluding carboxylic acids is 1. The van der Waals surface area contributed by atoms with Crippen LogP contribution in [0, 0.1) is 0 Å². The highest BCUT2D eigenvalue weighted by molar-refractivity contribution is 5.84. The molecule has 5 heteroatoms. The third-order valence-corrected chi connectivity index (χ3v) is 3.24. The molecule has 1 aromatic carbocycles. The molecule has 0 saturated carbocycles. The van der Waals surface area contributed by atoms with Gasteiger partial charge in [0, 0.05) is 50.9 Å². The minimum absolute atomic E-state index is 0.0432. The lowest BCUT2D eigenvalue weighted by molar-refractivity contribution is -0.121. The number of ether oxygens (including phenoxy) is 1. The van der Waals surface area contributed by atoms with Gasteiger partial charge in [-0.3, -0.25) is 9.78 Å². The van der Waals surface area contributed by atoms with E-state index in [1.54, 1.807) is 13.3 Å². The second-order valence-corrected chi connectivity index (χ2v) is 4.78. The Morgan fingerprint density at radius 2 is 2.19 bits per heavy atom. The lowest BCUT2D eigenvalue weighted by Gasteiger charge is -2.08. The quantitative estimate of drug-likeness (QED) is 0.722. The number of amides is 1. The summed E-state index contributed by atoms with van der Waals surface area (Å²) < 4.78 is 4.88. The summed E-state index contributed by atoms with van der Waals surface area (Å²) in [6.45, 7) is 2.50. The van der Waals surface area contributed by atoms with Crippen LogP contribution in [-0.2, 0) is 16.1 Å². The molecule has 5 nitrogen and oxygen atoms in total. The standard InChI is InChI=1S/C16H21N3O2/c1-21-10-9-19-16(20)6-8-18-12-14-4-2-3-13-11-17-7-5-15(13)14/h2-5,7,11,18H,6,8-10,12H2,1H3,(H,19,20). The summed E-state index contributed by atoms with van der Waals surface area (Å²) >= 11 is 0. The Labute approximate surface area is 124 Å². The molecule has 0 aliphatic heterocycles. The van der Waals surface area contributed by atoms with Crippen molar-refractivity contribution < 1.29 is 9.53 Å². The SMILES string of the molecule is COCCNC(=O)CCNCc1cccc2cnccc12. The normalized spacial score (nSPS) is 10.7. The smallest absolute Gasteiger partial charge is 0.221 e. The molecular weight excluding hydrogens is 266 g/mol. The van der Waals surface area contributed by atoms with Crippen LogP contribution in [0.2, 0.25) is 0 Å². The zero-order valence-electron chi connectivity index (χ0n) is 12.3. The third-order valence-electron chi connectivity index (χ3n) is 3.24. The fraction of sp³-hybridized carbons (Fsp3) is 0.375. The number of pyridine rings is 1. The molecule has 2 rings (SSSR count). The predicted molar refractivity (Wildman–Crippen MR) is 83.0 cm³/mol. The van der Waals surface area contributed by atoms with Gasteiger partial charge in [0.1, 0.15) is 0 Å². The topological polar surface area (TPSA) is 63.2 Å². The van der Waals surface area contributed by atoms with Crippen LogP contribution in [-0.4, -0.2) is 37.7 Å². The van der Waals surface area contributed by atoms with Gasteiger partial charge in [0.25, 0.3) is 0 Å². The summed E-state index contributed by atoms with van der Waals surface area (Å²) in [6.07, 6.45) is 4.13. The highest BCUT2D eigenvalue weighted by Crippen LogP contribution is 2.16. The van der Waals surface area contributed by atoms with Crippen LogP contribution in [0.4, 0.5) is 0 Å². The van der Waals surface area contributed by atoms with Crippen molar-refractivity contribution in [1.29, 1.82) is 0 Å². The Morgan fingerprint density at radius 1 is 1.29 bits per heavy atom. The maximum absolute atomic E-state index is 11.5. The zero-order valence-corrected chi connectivity index (χ0v) is 12.3. The van der Waals surface area contributed by atoms with E-state index in [0.717, 1.165) is 11.9 Å². The molecular formula is C16H21N3O2. The Hall–Kier alpha value is -1.98. The van der Waals surface area contributed by atoms with Crippen molar-refractivity contribution in [2.24, 2.45) is 0 Å². The molecule has 0 aliphatic carbocycles. The van der Waals surface area contributed by atoms with Gasteiger partial charge in [0.05, 0.1) is 6.61 Å². The minimum atomic E-state index is 0.0432. The number of nitrogens with zero attached hydrogens (tertiary/aromatic N) is 1. The van der Waals surface area contributed by atoms with Gasteiger partial charge in [-0.05, 0) is 17.0 Å². The number of hydrogen-bond acceptors (Lipinski definition) is 4. The number of hydrogen-bond donors (Lipinski definition) is 2. The Bertz CT molecular complexity index is 581. The van der Waals surface area contributed by atoms with Gasteiger partial charge < -0.3 is 15.4 Å². The second-order valence-electron chi connectivity index (χ2n) is 4.78. The fourth-order valence-corrected chi connectivity index (χ4v) is 2.15. The van der Waals surface area contributed by atoms with E-state index in [-0.39, 0.29) is 5.91 Å². The van der Waals surface area contributed by atoms with Gasteiger partial charge in [-0.25, -0.2) is 0 Å². The molecule has 1 aromatic heterocycles. The largest absolute Gasteiger partial charge is 0.383 e. The fourth-order valence-electron chi connectivity index (χ4n) is 2.15. The lowest BCUT2D eigenvalue weighted by Crippen LogP contribution is -2.29. The molecule has 0 atom stereocenters. The molecule has 0 saturated heterocycles. The molecule has 21 heavy (non-hydrogen) atoms. The van der Waals surface area contributed by atoms with Gasteiger partial charge in [-0.2, -0.15) is 0 Å². The van der Waals surface area contributed by atoms with Crippen molar-refractivity contribution in [2.75, 3.05) is 26.8 Å². The van der Waals surface area contributed by atoms with Crippen LogP contribution in [0.3, 0.4) is 0 Å². The highest BCUT2D eigenvalue weighted by atomic mass is 16.5.